The highest BCUT2D eigenvalue weighted by Crippen LogP contribution is 2.34. The summed E-state index contributed by atoms with van der Waals surface area (Å²) in [4.78, 5) is 26.9. The molecule has 30 heavy (non-hydrogen) atoms. The Bertz CT molecular complexity index is 976. The van der Waals surface area contributed by atoms with Gasteiger partial charge in [0.1, 0.15) is 4.32 Å². The fourth-order valence-corrected chi connectivity index (χ4v) is 4.19. The van der Waals surface area contributed by atoms with Gasteiger partial charge in [0.25, 0.3) is 5.91 Å². The summed E-state index contributed by atoms with van der Waals surface area (Å²) in [6, 6.07) is 15.1. The first-order chi connectivity index (χ1) is 14.5. The number of nitrogens with zero attached hydrogens (tertiary/aromatic N) is 1. The van der Waals surface area contributed by atoms with Gasteiger partial charge in [-0.2, -0.15) is 0 Å². The second-order valence-electron chi connectivity index (χ2n) is 6.46. The monoisotopic (exact) mass is 442 g/mol. The van der Waals surface area contributed by atoms with Crippen LogP contribution in [0.15, 0.2) is 53.4 Å². The molecule has 2 amide bonds. The average molecular weight is 443 g/mol. The van der Waals surface area contributed by atoms with Crippen LogP contribution in [0.25, 0.3) is 6.08 Å². The van der Waals surface area contributed by atoms with Crippen molar-refractivity contribution in [3.8, 4) is 11.5 Å². The van der Waals surface area contributed by atoms with Crippen LogP contribution in [-0.2, 0) is 16.1 Å². The maximum absolute atomic E-state index is 12.8. The molecule has 1 heterocycles. The Morgan fingerprint density at radius 3 is 2.57 bits per heavy atom. The SMILES string of the molecule is COc1ccc(/C=C2\SC(=S)N(CCC(=O)NCc3ccccc3)C2=O)cc1OC. The molecule has 0 unspecified atom stereocenters. The Morgan fingerprint density at radius 2 is 1.87 bits per heavy atom. The lowest BCUT2D eigenvalue weighted by Crippen LogP contribution is -2.33. The van der Waals surface area contributed by atoms with Gasteiger partial charge in [-0.1, -0.05) is 60.4 Å². The summed E-state index contributed by atoms with van der Waals surface area (Å²) in [5.74, 6) is 0.868. The van der Waals surface area contributed by atoms with Crippen molar-refractivity contribution in [2.45, 2.75) is 13.0 Å². The molecule has 3 rings (SSSR count). The number of ether oxygens (including phenoxy) is 2. The quantitative estimate of drug-likeness (QED) is 0.498. The molecule has 0 radical (unpaired) electrons. The molecule has 156 valence electrons. The zero-order chi connectivity index (χ0) is 21.5. The average Bonchev–Trinajstić information content (AvgIpc) is 3.03. The molecule has 1 saturated heterocycles. The smallest absolute Gasteiger partial charge is 0.266 e. The maximum Gasteiger partial charge on any atom is 0.266 e. The van der Waals surface area contributed by atoms with Gasteiger partial charge in [-0.15, -0.1) is 0 Å². The van der Waals surface area contributed by atoms with Crippen LogP contribution in [0.4, 0.5) is 0 Å². The van der Waals surface area contributed by atoms with E-state index >= 15 is 0 Å². The minimum Gasteiger partial charge on any atom is -0.493 e. The molecule has 1 aliphatic rings. The van der Waals surface area contributed by atoms with Crippen LogP contribution in [0.2, 0.25) is 0 Å². The van der Waals surface area contributed by atoms with Gasteiger partial charge in [-0.25, -0.2) is 0 Å². The largest absolute Gasteiger partial charge is 0.493 e. The third kappa shape index (κ3) is 5.40. The van der Waals surface area contributed by atoms with Crippen LogP contribution in [0.5, 0.6) is 11.5 Å². The summed E-state index contributed by atoms with van der Waals surface area (Å²) < 4.78 is 11.0. The van der Waals surface area contributed by atoms with Crippen LogP contribution in [0.3, 0.4) is 0 Å². The number of hydrogen-bond donors (Lipinski definition) is 1. The number of carbonyl (C=O) groups is 2. The van der Waals surface area contributed by atoms with Crippen molar-refractivity contribution >= 4 is 46.2 Å². The lowest BCUT2D eigenvalue weighted by molar-refractivity contribution is -0.123. The highest BCUT2D eigenvalue weighted by atomic mass is 32.2. The van der Waals surface area contributed by atoms with E-state index < -0.39 is 0 Å². The first-order valence-corrected chi connectivity index (χ1v) is 10.5. The Balaban J connectivity index is 1.59. The van der Waals surface area contributed by atoms with Crippen molar-refractivity contribution in [3.63, 3.8) is 0 Å². The van der Waals surface area contributed by atoms with Gasteiger partial charge in [0, 0.05) is 19.5 Å². The van der Waals surface area contributed by atoms with Gasteiger partial charge in [0.15, 0.2) is 11.5 Å². The third-order valence-corrected chi connectivity index (χ3v) is 5.85. The molecule has 0 spiro atoms. The number of rotatable bonds is 8. The van der Waals surface area contributed by atoms with Gasteiger partial charge in [-0.3, -0.25) is 14.5 Å². The van der Waals surface area contributed by atoms with E-state index in [1.807, 2.05) is 36.4 Å². The van der Waals surface area contributed by atoms with E-state index in [0.29, 0.717) is 27.3 Å². The normalized spacial score (nSPS) is 14.9. The number of nitrogens with one attached hydrogen (secondary N) is 1. The van der Waals surface area contributed by atoms with E-state index in [1.54, 1.807) is 32.4 Å². The highest BCUT2D eigenvalue weighted by molar-refractivity contribution is 8.26. The number of carbonyl (C=O) groups excluding carboxylic acids is 2. The summed E-state index contributed by atoms with van der Waals surface area (Å²) in [7, 11) is 3.13. The van der Waals surface area contributed by atoms with Gasteiger partial charge in [0.05, 0.1) is 19.1 Å². The fourth-order valence-electron chi connectivity index (χ4n) is 2.88. The lowest BCUT2D eigenvalue weighted by atomic mass is 10.2. The van der Waals surface area contributed by atoms with Crippen molar-refractivity contribution in [1.29, 1.82) is 0 Å². The van der Waals surface area contributed by atoms with Gasteiger partial charge in [-0.05, 0) is 29.3 Å². The van der Waals surface area contributed by atoms with Crippen LogP contribution in [0.1, 0.15) is 17.5 Å². The number of amides is 2. The second-order valence-corrected chi connectivity index (χ2v) is 8.14. The molecule has 0 saturated carbocycles. The molecule has 1 aliphatic heterocycles. The molecule has 0 aromatic heterocycles. The Hall–Kier alpha value is -2.84. The predicted molar refractivity (Wildman–Crippen MR) is 122 cm³/mol. The van der Waals surface area contributed by atoms with E-state index in [1.165, 1.54) is 16.7 Å². The minimum absolute atomic E-state index is 0.128. The first-order valence-electron chi connectivity index (χ1n) is 9.30. The van der Waals surface area contributed by atoms with Gasteiger partial charge < -0.3 is 14.8 Å². The molecular formula is C22H22N2O4S2. The van der Waals surface area contributed by atoms with Crippen molar-refractivity contribution in [2.24, 2.45) is 0 Å². The molecule has 0 bridgehead atoms. The maximum atomic E-state index is 12.8. The van der Waals surface area contributed by atoms with E-state index in [0.717, 1.165) is 11.1 Å². The Kier molecular flexibility index (Phi) is 7.48. The molecular weight excluding hydrogens is 420 g/mol. The first kappa shape index (κ1) is 21.9. The number of methoxy groups -OCH3 is 2. The number of thioether (sulfide) groups is 1. The van der Waals surface area contributed by atoms with Crippen molar-refractivity contribution < 1.29 is 19.1 Å². The Labute approximate surface area is 185 Å². The standard InChI is InChI=1S/C22H22N2O4S2/c1-27-17-9-8-16(12-18(17)28-2)13-19-21(26)24(22(29)30-19)11-10-20(25)23-14-15-6-4-3-5-7-15/h3-9,12-13H,10-11,14H2,1-2H3,(H,23,25)/b19-13-. The fraction of sp³-hybridized carbons (Fsp3) is 0.227. The molecule has 2 aromatic rings. The molecule has 1 N–H and O–H groups in total. The summed E-state index contributed by atoms with van der Waals surface area (Å²) in [6.07, 6.45) is 1.94. The third-order valence-electron chi connectivity index (χ3n) is 4.47. The lowest BCUT2D eigenvalue weighted by Gasteiger charge is -2.14. The molecule has 0 atom stereocenters. The topological polar surface area (TPSA) is 67.9 Å². The van der Waals surface area contributed by atoms with Crippen molar-refractivity contribution in [3.05, 3.63) is 64.6 Å². The number of thiocarbonyl (C=S) groups is 1. The highest BCUT2D eigenvalue weighted by Gasteiger charge is 2.32. The Morgan fingerprint density at radius 1 is 1.13 bits per heavy atom. The minimum atomic E-state index is -0.198. The summed E-state index contributed by atoms with van der Waals surface area (Å²) >= 11 is 6.57. The van der Waals surface area contributed by atoms with E-state index in [4.69, 9.17) is 21.7 Å². The van der Waals surface area contributed by atoms with Crippen LogP contribution >= 0.6 is 24.0 Å². The zero-order valence-corrected chi connectivity index (χ0v) is 18.3. The predicted octanol–water partition coefficient (Wildman–Crippen LogP) is 3.61. The number of hydrogen-bond acceptors (Lipinski definition) is 6. The summed E-state index contributed by atoms with van der Waals surface area (Å²) in [5.41, 5.74) is 1.82. The van der Waals surface area contributed by atoms with Crippen LogP contribution < -0.4 is 14.8 Å². The van der Waals surface area contributed by atoms with Crippen molar-refractivity contribution in [2.75, 3.05) is 20.8 Å². The molecule has 2 aromatic carbocycles. The zero-order valence-electron chi connectivity index (χ0n) is 16.7. The number of benzene rings is 2. The van der Waals surface area contributed by atoms with Crippen molar-refractivity contribution in [1.82, 2.24) is 10.2 Å². The molecule has 0 aliphatic carbocycles. The summed E-state index contributed by atoms with van der Waals surface area (Å²) in [5, 5.41) is 2.86. The van der Waals surface area contributed by atoms with Gasteiger partial charge in [0.2, 0.25) is 5.91 Å². The van der Waals surface area contributed by atoms with E-state index in [-0.39, 0.29) is 24.8 Å². The second kappa shape index (κ2) is 10.3. The molecule has 1 fully saturated rings. The van der Waals surface area contributed by atoms with Crippen LogP contribution in [0, 0.1) is 0 Å². The summed E-state index contributed by atoms with van der Waals surface area (Å²) in [6.45, 7) is 0.700. The van der Waals surface area contributed by atoms with E-state index in [2.05, 4.69) is 5.32 Å². The van der Waals surface area contributed by atoms with Crippen LogP contribution in [-0.4, -0.2) is 41.8 Å². The van der Waals surface area contributed by atoms with E-state index in [9.17, 15) is 9.59 Å². The molecule has 6 nitrogen and oxygen atoms in total. The van der Waals surface area contributed by atoms with Gasteiger partial charge >= 0.3 is 0 Å². The molecule has 8 heteroatoms.